The zero-order valence-electron chi connectivity index (χ0n) is 12.9. The quantitative estimate of drug-likeness (QED) is 0.851. The molecule has 1 aliphatic carbocycles. The summed E-state index contributed by atoms with van der Waals surface area (Å²) in [4.78, 5) is 2.65. The number of hydrogen-bond acceptors (Lipinski definition) is 2. The highest BCUT2D eigenvalue weighted by Crippen LogP contribution is 2.38. The molecular formula is C17H28BrNO. The van der Waals surface area contributed by atoms with E-state index in [1.54, 1.807) is 0 Å². The van der Waals surface area contributed by atoms with Crippen molar-refractivity contribution < 1.29 is 5.11 Å². The third-order valence-corrected chi connectivity index (χ3v) is 4.44. The van der Waals surface area contributed by atoms with Gasteiger partial charge < -0.3 is 5.11 Å². The van der Waals surface area contributed by atoms with Crippen LogP contribution < -0.4 is 0 Å². The number of halogens is 1. The van der Waals surface area contributed by atoms with Crippen LogP contribution in [0.3, 0.4) is 0 Å². The van der Waals surface area contributed by atoms with E-state index in [0.29, 0.717) is 17.7 Å². The first-order valence-corrected chi connectivity index (χ1v) is 7.73. The van der Waals surface area contributed by atoms with Crippen molar-refractivity contribution in [2.24, 2.45) is 0 Å². The van der Waals surface area contributed by atoms with Crippen LogP contribution in [0.15, 0.2) is 18.2 Å². The molecule has 0 radical (unpaired) electrons. The van der Waals surface area contributed by atoms with E-state index >= 15 is 0 Å². The molecule has 114 valence electrons. The Morgan fingerprint density at radius 3 is 2.45 bits per heavy atom. The van der Waals surface area contributed by atoms with E-state index in [1.165, 1.54) is 43.5 Å². The Morgan fingerprint density at radius 2 is 1.85 bits per heavy atom. The molecular weight excluding hydrogens is 314 g/mol. The Hall–Kier alpha value is -0.540. The maximum absolute atomic E-state index is 9.99. The van der Waals surface area contributed by atoms with E-state index in [9.17, 15) is 5.11 Å². The van der Waals surface area contributed by atoms with E-state index in [1.807, 2.05) is 12.1 Å². The van der Waals surface area contributed by atoms with Crippen molar-refractivity contribution in [2.45, 2.75) is 58.4 Å². The molecule has 1 aromatic rings. The van der Waals surface area contributed by atoms with Gasteiger partial charge in [-0.1, -0.05) is 32.9 Å². The van der Waals surface area contributed by atoms with Gasteiger partial charge in [0.1, 0.15) is 5.75 Å². The lowest BCUT2D eigenvalue weighted by Crippen LogP contribution is -2.42. The van der Waals surface area contributed by atoms with Crippen LogP contribution in [0.5, 0.6) is 5.75 Å². The minimum Gasteiger partial charge on any atom is -0.508 e. The van der Waals surface area contributed by atoms with Crippen LogP contribution in [0.25, 0.3) is 0 Å². The summed E-state index contributed by atoms with van der Waals surface area (Å²) in [5, 5.41) is 9.99. The first-order chi connectivity index (χ1) is 9.19. The summed E-state index contributed by atoms with van der Waals surface area (Å²) in [5.74, 6) is 1.01. The van der Waals surface area contributed by atoms with Crippen molar-refractivity contribution in [3.8, 4) is 5.75 Å². The molecule has 0 heterocycles. The van der Waals surface area contributed by atoms with Gasteiger partial charge in [-0.2, -0.15) is 0 Å². The Morgan fingerprint density at radius 1 is 1.20 bits per heavy atom. The summed E-state index contributed by atoms with van der Waals surface area (Å²) in [7, 11) is 0. The predicted molar refractivity (Wildman–Crippen MR) is 91.1 cm³/mol. The first-order valence-electron chi connectivity index (χ1n) is 7.73. The van der Waals surface area contributed by atoms with Gasteiger partial charge in [0.25, 0.3) is 0 Å². The summed E-state index contributed by atoms with van der Waals surface area (Å²) in [6, 6.07) is 6.63. The molecule has 3 heteroatoms. The largest absolute Gasteiger partial charge is 0.508 e. The monoisotopic (exact) mass is 341 g/mol. The molecule has 0 bridgehead atoms. The SMILES string of the molecule is Br.CCCN(CCC)[C@H]1CCc2c(O)cccc2[C@H]1C. The zero-order valence-corrected chi connectivity index (χ0v) is 14.6. The molecule has 1 aromatic carbocycles. The lowest BCUT2D eigenvalue weighted by molar-refractivity contribution is 0.158. The van der Waals surface area contributed by atoms with Crippen LogP contribution in [0, 0.1) is 0 Å². The summed E-state index contributed by atoms with van der Waals surface area (Å²) in [6.07, 6.45) is 4.62. The molecule has 2 atom stereocenters. The normalized spacial score (nSPS) is 21.4. The van der Waals surface area contributed by atoms with Crippen LogP contribution in [0.4, 0.5) is 0 Å². The lowest BCUT2D eigenvalue weighted by Gasteiger charge is -2.39. The van der Waals surface area contributed by atoms with E-state index in [2.05, 4.69) is 31.7 Å². The number of phenolic OH excluding ortho intramolecular Hbond substituents is 1. The van der Waals surface area contributed by atoms with Crippen LogP contribution in [-0.4, -0.2) is 29.1 Å². The van der Waals surface area contributed by atoms with E-state index < -0.39 is 0 Å². The zero-order chi connectivity index (χ0) is 13.8. The van der Waals surface area contributed by atoms with Gasteiger partial charge >= 0.3 is 0 Å². The van der Waals surface area contributed by atoms with Crippen molar-refractivity contribution in [1.82, 2.24) is 4.90 Å². The summed E-state index contributed by atoms with van der Waals surface area (Å²) in [5.41, 5.74) is 2.53. The smallest absolute Gasteiger partial charge is 0.119 e. The third kappa shape index (κ3) is 3.56. The second kappa shape index (κ2) is 8.04. The molecule has 1 aliphatic rings. The van der Waals surface area contributed by atoms with Crippen LogP contribution in [0.1, 0.15) is 57.1 Å². The highest BCUT2D eigenvalue weighted by Gasteiger charge is 2.30. The van der Waals surface area contributed by atoms with Gasteiger partial charge in [0.15, 0.2) is 0 Å². The molecule has 0 fully saturated rings. The maximum atomic E-state index is 9.99. The Bertz CT molecular complexity index is 415. The highest BCUT2D eigenvalue weighted by molar-refractivity contribution is 8.93. The third-order valence-electron chi connectivity index (χ3n) is 4.44. The van der Waals surface area contributed by atoms with Crippen molar-refractivity contribution in [3.63, 3.8) is 0 Å². The highest BCUT2D eigenvalue weighted by atomic mass is 79.9. The van der Waals surface area contributed by atoms with Crippen LogP contribution in [0.2, 0.25) is 0 Å². The number of fused-ring (bicyclic) bond motifs is 1. The molecule has 0 unspecified atom stereocenters. The predicted octanol–water partition coefficient (Wildman–Crippen LogP) is 4.51. The van der Waals surface area contributed by atoms with E-state index in [-0.39, 0.29) is 17.0 Å². The van der Waals surface area contributed by atoms with Gasteiger partial charge in [-0.25, -0.2) is 0 Å². The molecule has 20 heavy (non-hydrogen) atoms. The molecule has 2 nitrogen and oxygen atoms in total. The number of nitrogens with zero attached hydrogens (tertiary/aromatic N) is 1. The average Bonchev–Trinajstić information content (AvgIpc) is 2.40. The Kier molecular flexibility index (Phi) is 7.04. The molecule has 0 saturated carbocycles. The number of phenols is 1. The fraction of sp³-hybridized carbons (Fsp3) is 0.647. The average molecular weight is 342 g/mol. The van der Waals surface area contributed by atoms with Crippen LogP contribution in [-0.2, 0) is 6.42 Å². The Labute approximate surface area is 134 Å². The first kappa shape index (κ1) is 17.5. The van der Waals surface area contributed by atoms with Gasteiger partial charge in [0.05, 0.1) is 0 Å². The standard InChI is InChI=1S/C17H27NO.BrH/c1-4-11-18(12-5-2)16-10-9-15-14(13(16)3)7-6-8-17(15)19;/h6-8,13,16,19H,4-5,9-12H2,1-3H3;1H/t13-,16+;/m1./s1. The minimum absolute atomic E-state index is 0. The summed E-state index contributed by atoms with van der Waals surface area (Å²) in [6.45, 7) is 9.22. The maximum Gasteiger partial charge on any atom is 0.119 e. The molecule has 1 N–H and O–H groups in total. The second-order valence-corrected chi connectivity index (χ2v) is 5.78. The summed E-state index contributed by atoms with van der Waals surface area (Å²) >= 11 is 0. The fourth-order valence-electron chi connectivity index (χ4n) is 3.56. The lowest BCUT2D eigenvalue weighted by atomic mass is 9.79. The number of hydrogen-bond donors (Lipinski definition) is 1. The van der Waals surface area contributed by atoms with E-state index in [0.717, 1.165) is 6.42 Å². The van der Waals surface area contributed by atoms with E-state index in [4.69, 9.17) is 0 Å². The van der Waals surface area contributed by atoms with Crippen molar-refractivity contribution in [3.05, 3.63) is 29.3 Å². The van der Waals surface area contributed by atoms with Gasteiger partial charge in [0, 0.05) is 6.04 Å². The number of aromatic hydroxyl groups is 1. The molecule has 0 amide bonds. The van der Waals surface area contributed by atoms with Crippen molar-refractivity contribution in [1.29, 1.82) is 0 Å². The van der Waals surface area contributed by atoms with Gasteiger partial charge in [-0.05, 0) is 61.9 Å². The fourth-order valence-corrected chi connectivity index (χ4v) is 3.56. The number of rotatable bonds is 5. The molecule has 0 aromatic heterocycles. The summed E-state index contributed by atoms with van der Waals surface area (Å²) < 4.78 is 0. The molecule has 0 spiro atoms. The van der Waals surface area contributed by atoms with Crippen molar-refractivity contribution >= 4 is 17.0 Å². The van der Waals surface area contributed by atoms with Gasteiger partial charge in [-0.3, -0.25) is 4.90 Å². The Balaban J connectivity index is 0.00000200. The molecule has 0 saturated heterocycles. The van der Waals surface area contributed by atoms with Crippen LogP contribution >= 0.6 is 17.0 Å². The second-order valence-electron chi connectivity index (χ2n) is 5.78. The topological polar surface area (TPSA) is 23.5 Å². The molecule has 2 rings (SSSR count). The van der Waals surface area contributed by atoms with Gasteiger partial charge in [-0.15, -0.1) is 17.0 Å². The minimum atomic E-state index is 0. The number of benzene rings is 1. The van der Waals surface area contributed by atoms with Gasteiger partial charge in [0.2, 0.25) is 0 Å². The van der Waals surface area contributed by atoms with Crippen molar-refractivity contribution in [2.75, 3.05) is 13.1 Å². The molecule has 0 aliphatic heterocycles.